The van der Waals surface area contributed by atoms with Crippen LogP contribution in [-0.2, 0) is 16.1 Å². The summed E-state index contributed by atoms with van der Waals surface area (Å²) in [6, 6.07) is 9.32. The number of phenolic OH excluding ortho intramolecular Hbond substituents is 1. The number of aromatic nitrogens is 1. The zero-order chi connectivity index (χ0) is 19.9. The van der Waals surface area contributed by atoms with Crippen molar-refractivity contribution >= 4 is 23.6 Å². The highest BCUT2D eigenvalue weighted by atomic mass is 35.5. The number of nitrogens with one attached hydrogen (secondary N) is 1. The Kier molecular flexibility index (Phi) is 6.67. The molecule has 0 aliphatic carbocycles. The van der Waals surface area contributed by atoms with Gasteiger partial charge in [0.15, 0.2) is 0 Å². The SMILES string of the molecule is O=C(NCC1CN(C(=O)OCc2ccc(Cl)nc2)CCO1)c1ccc(O)cc1. The van der Waals surface area contributed by atoms with E-state index < -0.39 is 6.09 Å². The summed E-state index contributed by atoms with van der Waals surface area (Å²) in [5.41, 5.74) is 1.17. The molecule has 0 saturated carbocycles. The van der Waals surface area contributed by atoms with E-state index in [1.54, 1.807) is 23.2 Å². The molecule has 148 valence electrons. The van der Waals surface area contributed by atoms with Crippen LogP contribution in [0.25, 0.3) is 0 Å². The predicted molar refractivity (Wildman–Crippen MR) is 101 cm³/mol. The number of carbonyl (C=O) groups is 2. The summed E-state index contributed by atoms with van der Waals surface area (Å²) in [6.07, 6.45) is 0.768. The van der Waals surface area contributed by atoms with Gasteiger partial charge in [0.05, 0.1) is 19.3 Å². The number of hydrogen-bond donors (Lipinski definition) is 2. The number of rotatable bonds is 5. The zero-order valence-electron chi connectivity index (χ0n) is 15.0. The summed E-state index contributed by atoms with van der Waals surface area (Å²) in [5.74, 6) is -0.186. The monoisotopic (exact) mass is 405 g/mol. The lowest BCUT2D eigenvalue weighted by atomic mass is 10.2. The third-order valence-corrected chi connectivity index (χ3v) is 4.39. The Morgan fingerprint density at radius 2 is 2.07 bits per heavy atom. The van der Waals surface area contributed by atoms with Crippen molar-refractivity contribution < 1.29 is 24.2 Å². The number of morpholine rings is 1. The second-order valence-corrected chi connectivity index (χ2v) is 6.63. The first kappa shape index (κ1) is 19.9. The van der Waals surface area contributed by atoms with E-state index in [-0.39, 0.29) is 30.9 Å². The van der Waals surface area contributed by atoms with Crippen LogP contribution in [0.2, 0.25) is 5.15 Å². The Balaban J connectivity index is 1.45. The Labute approximate surface area is 167 Å². The minimum absolute atomic E-state index is 0.0932. The van der Waals surface area contributed by atoms with Crippen LogP contribution >= 0.6 is 11.6 Å². The highest BCUT2D eigenvalue weighted by molar-refractivity contribution is 6.29. The molecule has 3 rings (SSSR count). The molecule has 8 nitrogen and oxygen atoms in total. The van der Waals surface area contributed by atoms with Crippen molar-refractivity contribution in [2.45, 2.75) is 12.7 Å². The maximum Gasteiger partial charge on any atom is 0.410 e. The van der Waals surface area contributed by atoms with Crippen molar-refractivity contribution in [3.05, 3.63) is 58.9 Å². The van der Waals surface area contributed by atoms with Crippen LogP contribution in [0.15, 0.2) is 42.6 Å². The normalized spacial score (nSPS) is 16.5. The smallest absolute Gasteiger partial charge is 0.410 e. The van der Waals surface area contributed by atoms with Crippen LogP contribution < -0.4 is 5.32 Å². The van der Waals surface area contributed by atoms with Crippen molar-refractivity contribution in [2.24, 2.45) is 0 Å². The average molecular weight is 406 g/mol. The van der Waals surface area contributed by atoms with Crippen LogP contribution in [-0.4, -0.2) is 59.3 Å². The van der Waals surface area contributed by atoms with Gasteiger partial charge in [0, 0.05) is 30.4 Å². The fraction of sp³-hybridized carbons (Fsp3) is 0.316. The Hall–Kier alpha value is -2.84. The van der Waals surface area contributed by atoms with E-state index >= 15 is 0 Å². The molecule has 2 aromatic rings. The van der Waals surface area contributed by atoms with Gasteiger partial charge in [-0.2, -0.15) is 0 Å². The van der Waals surface area contributed by atoms with E-state index in [1.807, 2.05) is 0 Å². The second-order valence-electron chi connectivity index (χ2n) is 6.24. The van der Waals surface area contributed by atoms with Gasteiger partial charge in [-0.15, -0.1) is 0 Å². The Morgan fingerprint density at radius 3 is 2.79 bits per heavy atom. The minimum atomic E-state index is -0.451. The topological polar surface area (TPSA) is 101 Å². The Morgan fingerprint density at radius 1 is 1.29 bits per heavy atom. The first-order valence-corrected chi connectivity index (χ1v) is 9.10. The average Bonchev–Trinajstić information content (AvgIpc) is 2.72. The summed E-state index contributed by atoms with van der Waals surface area (Å²) < 4.78 is 10.9. The minimum Gasteiger partial charge on any atom is -0.508 e. The van der Waals surface area contributed by atoms with Crippen molar-refractivity contribution in [1.29, 1.82) is 0 Å². The maximum atomic E-state index is 12.3. The van der Waals surface area contributed by atoms with Gasteiger partial charge in [0.2, 0.25) is 0 Å². The number of halogens is 1. The van der Waals surface area contributed by atoms with Gasteiger partial charge in [0.25, 0.3) is 5.91 Å². The molecule has 0 bridgehead atoms. The van der Waals surface area contributed by atoms with Crippen LogP contribution in [0.4, 0.5) is 4.79 Å². The standard InChI is InChI=1S/C19H20ClN3O5/c20-17-6-1-13(9-21-17)12-28-19(26)23-7-8-27-16(11-23)10-22-18(25)14-2-4-15(24)5-3-14/h1-6,9,16,24H,7-8,10-12H2,(H,22,25). The molecule has 1 aromatic heterocycles. The van der Waals surface area contributed by atoms with Crippen molar-refractivity contribution in [2.75, 3.05) is 26.2 Å². The molecular weight excluding hydrogens is 386 g/mol. The van der Waals surface area contributed by atoms with Gasteiger partial charge in [-0.25, -0.2) is 9.78 Å². The van der Waals surface area contributed by atoms with E-state index in [9.17, 15) is 14.7 Å². The molecule has 0 spiro atoms. The lowest BCUT2D eigenvalue weighted by Gasteiger charge is -2.32. The first-order valence-electron chi connectivity index (χ1n) is 8.72. The van der Waals surface area contributed by atoms with Crippen molar-refractivity contribution in [1.82, 2.24) is 15.2 Å². The fourth-order valence-electron chi connectivity index (χ4n) is 2.66. The van der Waals surface area contributed by atoms with Gasteiger partial charge in [-0.05, 0) is 30.3 Å². The molecule has 2 N–H and O–H groups in total. The molecule has 2 amide bonds. The predicted octanol–water partition coefficient (Wildman–Crippen LogP) is 2.21. The third-order valence-electron chi connectivity index (χ3n) is 4.17. The largest absolute Gasteiger partial charge is 0.508 e. The summed E-state index contributed by atoms with van der Waals surface area (Å²) in [4.78, 5) is 29.9. The highest BCUT2D eigenvalue weighted by Crippen LogP contribution is 2.11. The van der Waals surface area contributed by atoms with Crippen LogP contribution in [0.5, 0.6) is 5.75 Å². The van der Waals surface area contributed by atoms with Crippen molar-refractivity contribution in [3.63, 3.8) is 0 Å². The van der Waals surface area contributed by atoms with Gasteiger partial charge < -0.3 is 24.8 Å². The molecule has 9 heteroatoms. The van der Waals surface area contributed by atoms with E-state index in [0.29, 0.717) is 30.4 Å². The quantitative estimate of drug-likeness (QED) is 0.739. The maximum absolute atomic E-state index is 12.3. The van der Waals surface area contributed by atoms with Gasteiger partial charge in [0.1, 0.15) is 17.5 Å². The van der Waals surface area contributed by atoms with Crippen molar-refractivity contribution in [3.8, 4) is 5.75 Å². The molecular formula is C19H20ClN3O5. The summed E-state index contributed by atoms with van der Waals surface area (Å²) in [7, 11) is 0. The fourth-order valence-corrected chi connectivity index (χ4v) is 2.77. The van der Waals surface area contributed by atoms with E-state index in [2.05, 4.69) is 10.3 Å². The van der Waals surface area contributed by atoms with E-state index in [1.165, 1.54) is 24.3 Å². The number of carbonyl (C=O) groups excluding carboxylic acids is 2. The van der Waals surface area contributed by atoms with Crippen LogP contribution in [0.1, 0.15) is 15.9 Å². The number of pyridine rings is 1. The number of benzene rings is 1. The second kappa shape index (κ2) is 9.38. The zero-order valence-corrected chi connectivity index (χ0v) is 15.8. The molecule has 1 fully saturated rings. The van der Waals surface area contributed by atoms with E-state index in [0.717, 1.165) is 5.56 Å². The highest BCUT2D eigenvalue weighted by Gasteiger charge is 2.25. The van der Waals surface area contributed by atoms with Crippen LogP contribution in [0.3, 0.4) is 0 Å². The first-order chi connectivity index (χ1) is 13.5. The molecule has 2 heterocycles. The lowest BCUT2D eigenvalue weighted by Crippen LogP contribution is -2.49. The van der Waals surface area contributed by atoms with Gasteiger partial charge in [-0.3, -0.25) is 4.79 Å². The molecule has 1 aliphatic heterocycles. The van der Waals surface area contributed by atoms with Gasteiger partial charge >= 0.3 is 6.09 Å². The molecule has 1 aliphatic rings. The molecule has 0 radical (unpaired) electrons. The number of amides is 2. The molecule has 1 atom stereocenters. The number of nitrogens with zero attached hydrogens (tertiary/aromatic N) is 2. The lowest BCUT2D eigenvalue weighted by molar-refractivity contribution is -0.0264. The molecule has 1 saturated heterocycles. The number of phenols is 1. The molecule has 1 unspecified atom stereocenters. The summed E-state index contributed by atoms with van der Waals surface area (Å²) in [6.45, 7) is 1.44. The summed E-state index contributed by atoms with van der Waals surface area (Å²) >= 11 is 5.73. The Bertz CT molecular complexity index is 813. The number of aromatic hydroxyl groups is 1. The summed E-state index contributed by atoms with van der Waals surface area (Å²) in [5, 5.41) is 12.4. The number of ether oxygens (including phenoxy) is 2. The molecule has 28 heavy (non-hydrogen) atoms. The van der Waals surface area contributed by atoms with Crippen LogP contribution in [0, 0.1) is 0 Å². The van der Waals surface area contributed by atoms with Gasteiger partial charge in [-0.1, -0.05) is 17.7 Å². The number of hydrogen-bond acceptors (Lipinski definition) is 6. The van der Waals surface area contributed by atoms with E-state index in [4.69, 9.17) is 21.1 Å². The third kappa shape index (κ3) is 5.58. The molecule has 1 aromatic carbocycles.